The monoisotopic (exact) mass is 296 g/mol. The van der Waals surface area contributed by atoms with Gasteiger partial charge in [0.1, 0.15) is 0 Å². The molecule has 0 aromatic heterocycles. The first kappa shape index (κ1) is 15.8. The fraction of sp³-hybridized carbons (Fsp3) is 0.222. The van der Waals surface area contributed by atoms with Crippen LogP contribution in [0.25, 0.3) is 0 Å². The molecule has 0 aliphatic heterocycles. The van der Waals surface area contributed by atoms with E-state index in [1.807, 2.05) is 50.2 Å². The van der Waals surface area contributed by atoms with E-state index >= 15 is 0 Å². The maximum atomic E-state index is 12.2. The molecule has 0 aliphatic carbocycles. The number of hydrogen-bond donors (Lipinski definition) is 2. The Morgan fingerprint density at radius 3 is 1.77 bits per heavy atom. The molecule has 0 saturated heterocycles. The minimum absolute atomic E-state index is 0.150. The zero-order chi connectivity index (χ0) is 16.0. The summed E-state index contributed by atoms with van der Waals surface area (Å²) in [6.45, 7) is 4.09. The fourth-order valence-electron chi connectivity index (χ4n) is 2.01. The Bertz CT molecular complexity index is 637. The van der Waals surface area contributed by atoms with Crippen LogP contribution in [0, 0.1) is 0 Å². The minimum atomic E-state index is -0.544. The molecule has 2 aromatic carbocycles. The summed E-state index contributed by atoms with van der Waals surface area (Å²) in [4.78, 5) is 24.2. The SMILES string of the molecule is CC(C)(CNC(=O)c1ccccc1)NC(=O)c1ccccc1. The highest BCUT2D eigenvalue weighted by Crippen LogP contribution is 2.06. The van der Waals surface area contributed by atoms with Crippen molar-refractivity contribution in [1.29, 1.82) is 0 Å². The van der Waals surface area contributed by atoms with E-state index in [0.717, 1.165) is 0 Å². The Balaban J connectivity index is 1.91. The lowest BCUT2D eigenvalue weighted by Crippen LogP contribution is -2.51. The summed E-state index contributed by atoms with van der Waals surface area (Å²) in [5, 5.41) is 5.77. The van der Waals surface area contributed by atoms with Gasteiger partial charge in [0.2, 0.25) is 0 Å². The Morgan fingerprint density at radius 2 is 1.27 bits per heavy atom. The highest BCUT2D eigenvalue weighted by atomic mass is 16.2. The number of carbonyl (C=O) groups excluding carboxylic acids is 2. The summed E-state index contributed by atoms with van der Waals surface area (Å²) >= 11 is 0. The first-order valence-electron chi connectivity index (χ1n) is 7.19. The molecule has 0 radical (unpaired) electrons. The largest absolute Gasteiger partial charge is 0.350 e. The summed E-state index contributed by atoms with van der Waals surface area (Å²) in [6.07, 6.45) is 0. The molecule has 2 N–H and O–H groups in total. The summed E-state index contributed by atoms with van der Waals surface area (Å²) in [7, 11) is 0. The summed E-state index contributed by atoms with van der Waals surface area (Å²) in [6, 6.07) is 18.0. The molecule has 114 valence electrons. The van der Waals surface area contributed by atoms with Gasteiger partial charge < -0.3 is 10.6 Å². The van der Waals surface area contributed by atoms with Gasteiger partial charge in [-0.1, -0.05) is 36.4 Å². The number of rotatable bonds is 5. The Morgan fingerprint density at radius 1 is 0.818 bits per heavy atom. The maximum absolute atomic E-state index is 12.2. The molecule has 0 atom stereocenters. The van der Waals surface area contributed by atoms with Crippen LogP contribution in [0.4, 0.5) is 0 Å². The summed E-state index contributed by atoms with van der Waals surface area (Å²) < 4.78 is 0. The van der Waals surface area contributed by atoms with Gasteiger partial charge in [-0.05, 0) is 38.1 Å². The molecule has 4 nitrogen and oxygen atoms in total. The van der Waals surface area contributed by atoms with E-state index in [1.54, 1.807) is 24.3 Å². The Kier molecular flexibility index (Phi) is 4.94. The lowest BCUT2D eigenvalue weighted by atomic mass is 10.0. The third kappa shape index (κ3) is 4.45. The van der Waals surface area contributed by atoms with Gasteiger partial charge in [0, 0.05) is 17.7 Å². The van der Waals surface area contributed by atoms with Crippen LogP contribution in [0.15, 0.2) is 60.7 Å². The molecule has 2 aromatic rings. The van der Waals surface area contributed by atoms with Crippen LogP contribution < -0.4 is 10.6 Å². The van der Waals surface area contributed by atoms with Crippen molar-refractivity contribution in [2.45, 2.75) is 19.4 Å². The number of benzene rings is 2. The van der Waals surface area contributed by atoms with Crippen LogP contribution in [0.2, 0.25) is 0 Å². The third-order valence-corrected chi connectivity index (χ3v) is 3.21. The molecule has 0 spiro atoms. The average Bonchev–Trinajstić information content (AvgIpc) is 2.54. The quantitative estimate of drug-likeness (QED) is 0.891. The van der Waals surface area contributed by atoms with Crippen LogP contribution in [-0.4, -0.2) is 23.9 Å². The van der Waals surface area contributed by atoms with Gasteiger partial charge in [-0.2, -0.15) is 0 Å². The minimum Gasteiger partial charge on any atom is -0.350 e. The molecule has 2 rings (SSSR count). The predicted molar refractivity (Wildman–Crippen MR) is 86.8 cm³/mol. The second-order valence-corrected chi connectivity index (χ2v) is 5.75. The topological polar surface area (TPSA) is 58.2 Å². The molecular formula is C18H20N2O2. The van der Waals surface area contributed by atoms with Crippen molar-refractivity contribution in [2.24, 2.45) is 0 Å². The maximum Gasteiger partial charge on any atom is 0.251 e. The van der Waals surface area contributed by atoms with Crippen molar-refractivity contribution in [3.05, 3.63) is 71.8 Å². The van der Waals surface area contributed by atoms with Gasteiger partial charge in [-0.25, -0.2) is 0 Å². The number of nitrogens with one attached hydrogen (secondary N) is 2. The second-order valence-electron chi connectivity index (χ2n) is 5.75. The van der Waals surface area contributed by atoms with E-state index in [0.29, 0.717) is 17.7 Å². The second kappa shape index (κ2) is 6.89. The lowest BCUT2D eigenvalue weighted by Gasteiger charge is -2.26. The number of hydrogen-bond acceptors (Lipinski definition) is 2. The summed E-state index contributed by atoms with van der Waals surface area (Å²) in [5.74, 6) is -0.304. The zero-order valence-corrected chi connectivity index (χ0v) is 12.8. The van der Waals surface area contributed by atoms with Crippen molar-refractivity contribution < 1.29 is 9.59 Å². The molecule has 0 unspecified atom stereocenters. The smallest absolute Gasteiger partial charge is 0.251 e. The van der Waals surface area contributed by atoms with Gasteiger partial charge in [0.15, 0.2) is 0 Å². The fourth-order valence-corrected chi connectivity index (χ4v) is 2.01. The third-order valence-electron chi connectivity index (χ3n) is 3.21. The zero-order valence-electron chi connectivity index (χ0n) is 12.8. The van der Waals surface area contributed by atoms with Crippen molar-refractivity contribution in [3.63, 3.8) is 0 Å². The van der Waals surface area contributed by atoms with Crippen molar-refractivity contribution >= 4 is 11.8 Å². The molecular weight excluding hydrogens is 276 g/mol. The lowest BCUT2D eigenvalue weighted by molar-refractivity contribution is 0.0881. The normalized spacial score (nSPS) is 10.8. The molecule has 0 bridgehead atoms. The molecule has 0 fully saturated rings. The number of amides is 2. The van der Waals surface area contributed by atoms with Crippen LogP contribution in [0.5, 0.6) is 0 Å². The molecule has 2 amide bonds. The van der Waals surface area contributed by atoms with E-state index in [2.05, 4.69) is 10.6 Å². The van der Waals surface area contributed by atoms with E-state index in [4.69, 9.17) is 0 Å². The van der Waals surface area contributed by atoms with Gasteiger partial charge in [0.05, 0.1) is 5.54 Å². The highest BCUT2D eigenvalue weighted by molar-refractivity contribution is 5.95. The highest BCUT2D eigenvalue weighted by Gasteiger charge is 2.22. The van der Waals surface area contributed by atoms with E-state index in [-0.39, 0.29) is 11.8 Å². The molecule has 0 heterocycles. The van der Waals surface area contributed by atoms with E-state index in [9.17, 15) is 9.59 Å². The van der Waals surface area contributed by atoms with Crippen LogP contribution >= 0.6 is 0 Å². The van der Waals surface area contributed by atoms with Crippen molar-refractivity contribution in [3.8, 4) is 0 Å². The molecule has 0 aliphatic rings. The van der Waals surface area contributed by atoms with E-state index < -0.39 is 5.54 Å². The average molecular weight is 296 g/mol. The van der Waals surface area contributed by atoms with Crippen LogP contribution in [0.1, 0.15) is 34.6 Å². The van der Waals surface area contributed by atoms with Gasteiger partial charge >= 0.3 is 0 Å². The van der Waals surface area contributed by atoms with E-state index in [1.165, 1.54) is 0 Å². The first-order valence-corrected chi connectivity index (χ1v) is 7.19. The van der Waals surface area contributed by atoms with Crippen LogP contribution in [-0.2, 0) is 0 Å². The first-order chi connectivity index (χ1) is 10.5. The van der Waals surface area contributed by atoms with Crippen molar-refractivity contribution in [2.75, 3.05) is 6.54 Å². The van der Waals surface area contributed by atoms with Crippen LogP contribution in [0.3, 0.4) is 0 Å². The standard InChI is InChI=1S/C18H20N2O2/c1-18(2,20-17(22)15-11-7-4-8-12-15)13-19-16(21)14-9-5-3-6-10-14/h3-12H,13H2,1-2H3,(H,19,21)(H,20,22). The van der Waals surface area contributed by atoms with Crippen molar-refractivity contribution in [1.82, 2.24) is 10.6 Å². The van der Waals surface area contributed by atoms with Gasteiger partial charge in [-0.15, -0.1) is 0 Å². The van der Waals surface area contributed by atoms with Gasteiger partial charge in [0.25, 0.3) is 11.8 Å². The Hall–Kier alpha value is -2.62. The molecule has 4 heteroatoms. The predicted octanol–water partition coefficient (Wildman–Crippen LogP) is 2.63. The molecule has 0 saturated carbocycles. The van der Waals surface area contributed by atoms with Gasteiger partial charge in [-0.3, -0.25) is 9.59 Å². The molecule has 22 heavy (non-hydrogen) atoms. The Labute approximate surface area is 130 Å². The summed E-state index contributed by atoms with van der Waals surface area (Å²) in [5.41, 5.74) is 0.662. The number of carbonyl (C=O) groups is 2.